The van der Waals surface area contributed by atoms with Gasteiger partial charge in [-0.05, 0) is 80.3 Å². The van der Waals surface area contributed by atoms with Gasteiger partial charge < -0.3 is 9.84 Å². The van der Waals surface area contributed by atoms with E-state index in [-0.39, 0.29) is 23.3 Å². The highest BCUT2D eigenvalue weighted by Crippen LogP contribution is 2.25. The van der Waals surface area contributed by atoms with Crippen LogP contribution >= 0.6 is 0 Å². The molecule has 3 aromatic heterocycles. The number of nitrogens with zero attached hydrogens (tertiary/aromatic N) is 7. The Hall–Kier alpha value is -5.09. The zero-order valence-corrected chi connectivity index (χ0v) is 23.0. The minimum absolute atomic E-state index is 0.112. The molecule has 3 heterocycles. The molecular weight excluding hydrogens is 518 g/mol. The summed E-state index contributed by atoms with van der Waals surface area (Å²) in [6.07, 6.45) is -0.239. The first-order chi connectivity index (χ1) is 19.9. The Kier molecular flexibility index (Phi) is 6.90. The van der Waals surface area contributed by atoms with Crippen LogP contribution in [0.15, 0.2) is 89.7 Å². The van der Waals surface area contributed by atoms with Crippen molar-refractivity contribution in [2.45, 2.75) is 26.2 Å². The molecule has 41 heavy (non-hydrogen) atoms. The molecule has 1 atom stereocenters. The Morgan fingerprint density at radius 2 is 1.80 bits per heavy atom. The third-order valence-corrected chi connectivity index (χ3v) is 7.10. The van der Waals surface area contributed by atoms with E-state index < -0.39 is 0 Å². The molecule has 0 aliphatic rings. The highest BCUT2D eigenvalue weighted by Gasteiger charge is 2.20. The first kappa shape index (κ1) is 26.1. The van der Waals surface area contributed by atoms with E-state index >= 15 is 0 Å². The second-order valence-corrected chi connectivity index (χ2v) is 10.1. The fourth-order valence-corrected chi connectivity index (χ4v) is 4.76. The molecule has 6 rings (SSSR count). The number of para-hydroxylation sites is 1. The van der Waals surface area contributed by atoms with Crippen LogP contribution in [0, 0.1) is 0 Å². The van der Waals surface area contributed by atoms with Crippen LogP contribution < -0.4 is 10.3 Å². The number of phenols is 1. The van der Waals surface area contributed by atoms with Crippen LogP contribution in [0.4, 0.5) is 0 Å². The zero-order valence-electron chi connectivity index (χ0n) is 23.0. The van der Waals surface area contributed by atoms with Gasteiger partial charge in [-0.3, -0.25) is 14.3 Å². The number of ether oxygens (including phenoxy) is 1. The lowest BCUT2D eigenvalue weighted by molar-refractivity contribution is 0.240. The maximum absolute atomic E-state index is 13.6. The van der Waals surface area contributed by atoms with Gasteiger partial charge >= 0.3 is 0 Å². The molecule has 0 aliphatic carbocycles. The van der Waals surface area contributed by atoms with Crippen molar-refractivity contribution in [2.24, 2.45) is 0 Å². The highest BCUT2D eigenvalue weighted by atomic mass is 16.5. The Morgan fingerprint density at radius 1 is 0.951 bits per heavy atom. The standard InChI is InChI=1S/C31H29N7O3/c1-20(36(2)3)38-29-14-13-25(39)16-23(29)17-27(31(38)40)30-33-35-37(34-30)18-21-7-6-9-26(15-21)41-19-24-12-11-22-8-4-5-10-28(22)32-24/h4-17,20,39H,18-19H2,1-3H3. The van der Waals surface area contributed by atoms with Gasteiger partial charge in [0.15, 0.2) is 0 Å². The summed E-state index contributed by atoms with van der Waals surface area (Å²) in [4.78, 5) is 21.7. The highest BCUT2D eigenvalue weighted by molar-refractivity contribution is 5.84. The third-order valence-electron chi connectivity index (χ3n) is 7.10. The van der Waals surface area contributed by atoms with Gasteiger partial charge in [0.25, 0.3) is 5.56 Å². The molecule has 0 saturated carbocycles. The number of rotatable bonds is 8. The van der Waals surface area contributed by atoms with Gasteiger partial charge in [-0.1, -0.05) is 36.4 Å². The first-order valence-electron chi connectivity index (χ1n) is 13.2. The van der Waals surface area contributed by atoms with Gasteiger partial charge in [0, 0.05) is 10.8 Å². The van der Waals surface area contributed by atoms with Crippen molar-refractivity contribution in [1.29, 1.82) is 0 Å². The van der Waals surface area contributed by atoms with Crippen LogP contribution in [0.5, 0.6) is 11.5 Å². The molecular formula is C31H29N7O3. The van der Waals surface area contributed by atoms with Gasteiger partial charge in [0.2, 0.25) is 5.82 Å². The van der Waals surface area contributed by atoms with Gasteiger partial charge in [-0.15, -0.1) is 10.2 Å². The number of hydrogen-bond donors (Lipinski definition) is 1. The molecule has 3 aromatic carbocycles. The topological polar surface area (TPSA) is 111 Å². The van der Waals surface area contributed by atoms with Crippen molar-refractivity contribution in [2.75, 3.05) is 14.1 Å². The molecule has 0 radical (unpaired) electrons. The molecule has 0 saturated heterocycles. The van der Waals surface area contributed by atoms with Gasteiger partial charge in [0.1, 0.15) is 18.1 Å². The van der Waals surface area contributed by atoms with E-state index in [2.05, 4.69) is 20.4 Å². The van der Waals surface area contributed by atoms with E-state index in [0.717, 1.165) is 22.2 Å². The fraction of sp³-hybridized carbons (Fsp3) is 0.194. The summed E-state index contributed by atoms with van der Waals surface area (Å²) in [7, 11) is 3.81. The third kappa shape index (κ3) is 5.37. The number of pyridine rings is 2. The largest absolute Gasteiger partial charge is 0.508 e. The number of tetrazole rings is 1. The molecule has 1 N–H and O–H groups in total. The lowest BCUT2D eigenvalue weighted by Gasteiger charge is -2.24. The zero-order chi connectivity index (χ0) is 28.5. The Balaban J connectivity index is 1.23. The smallest absolute Gasteiger partial charge is 0.263 e. The van der Waals surface area contributed by atoms with Crippen LogP contribution in [0.1, 0.15) is 24.3 Å². The summed E-state index contributed by atoms with van der Waals surface area (Å²) in [5, 5.41) is 24.8. The van der Waals surface area contributed by atoms with E-state index in [0.29, 0.717) is 35.4 Å². The van der Waals surface area contributed by atoms with Crippen molar-refractivity contribution in [1.82, 2.24) is 34.7 Å². The van der Waals surface area contributed by atoms with Crippen LogP contribution in [0.2, 0.25) is 0 Å². The molecule has 0 amide bonds. The monoisotopic (exact) mass is 547 g/mol. The van der Waals surface area contributed by atoms with Gasteiger partial charge in [-0.2, -0.15) is 4.80 Å². The van der Waals surface area contributed by atoms with Crippen molar-refractivity contribution < 1.29 is 9.84 Å². The SMILES string of the molecule is CC(N(C)C)n1c(=O)c(-c2nnn(Cc3cccc(OCc4ccc5ccccc5n4)c3)n2)cc2cc(O)ccc21. The molecule has 0 bridgehead atoms. The molecule has 10 nitrogen and oxygen atoms in total. The first-order valence-corrected chi connectivity index (χ1v) is 13.2. The molecule has 10 heteroatoms. The van der Waals surface area contributed by atoms with E-state index in [1.54, 1.807) is 28.8 Å². The number of aromatic nitrogens is 6. The predicted molar refractivity (Wildman–Crippen MR) is 157 cm³/mol. The van der Waals surface area contributed by atoms with Crippen molar-refractivity contribution >= 4 is 21.8 Å². The van der Waals surface area contributed by atoms with Crippen molar-refractivity contribution in [3.8, 4) is 22.9 Å². The summed E-state index contributed by atoms with van der Waals surface area (Å²) < 4.78 is 7.69. The maximum Gasteiger partial charge on any atom is 0.263 e. The van der Waals surface area contributed by atoms with Crippen LogP contribution in [-0.4, -0.2) is 53.9 Å². The molecule has 0 aliphatic heterocycles. The van der Waals surface area contributed by atoms with Crippen LogP contribution in [0.25, 0.3) is 33.2 Å². The van der Waals surface area contributed by atoms with Crippen LogP contribution in [0.3, 0.4) is 0 Å². The summed E-state index contributed by atoms with van der Waals surface area (Å²) in [5.41, 5.74) is 3.47. The minimum atomic E-state index is -0.239. The number of hydrogen-bond acceptors (Lipinski definition) is 8. The van der Waals surface area contributed by atoms with Crippen molar-refractivity contribution in [3.05, 3.63) is 107 Å². The van der Waals surface area contributed by atoms with E-state index in [9.17, 15) is 9.90 Å². The summed E-state index contributed by atoms with van der Waals surface area (Å²) in [5.74, 6) is 1.03. The predicted octanol–water partition coefficient (Wildman–Crippen LogP) is 4.62. The average molecular weight is 548 g/mol. The Morgan fingerprint density at radius 3 is 2.66 bits per heavy atom. The normalized spacial score (nSPS) is 12.3. The lowest BCUT2D eigenvalue weighted by Crippen LogP contribution is -2.33. The van der Waals surface area contributed by atoms with E-state index in [4.69, 9.17) is 4.74 Å². The van der Waals surface area contributed by atoms with Crippen molar-refractivity contribution in [3.63, 3.8) is 0 Å². The summed E-state index contributed by atoms with van der Waals surface area (Å²) >= 11 is 0. The van der Waals surface area contributed by atoms with E-state index in [1.807, 2.05) is 86.6 Å². The minimum Gasteiger partial charge on any atom is -0.508 e. The second-order valence-electron chi connectivity index (χ2n) is 10.1. The van der Waals surface area contributed by atoms with Gasteiger partial charge in [0.05, 0.1) is 35.0 Å². The molecule has 0 fully saturated rings. The molecule has 0 spiro atoms. The quantitative estimate of drug-likeness (QED) is 0.294. The van der Waals surface area contributed by atoms with Crippen LogP contribution in [-0.2, 0) is 13.2 Å². The van der Waals surface area contributed by atoms with Gasteiger partial charge in [-0.25, -0.2) is 4.98 Å². The second kappa shape index (κ2) is 10.8. The Bertz CT molecular complexity index is 1930. The number of phenolic OH excluding ortho intramolecular Hbond substituents is 1. The number of fused-ring (bicyclic) bond motifs is 2. The summed E-state index contributed by atoms with van der Waals surface area (Å²) in [6, 6.07) is 26.3. The Labute approximate surface area is 236 Å². The fourth-order valence-electron chi connectivity index (χ4n) is 4.76. The molecule has 206 valence electrons. The molecule has 1 unspecified atom stereocenters. The molecule has 6 aromatic rings. The van der Waals surface area contributed by atoms with E-state index in [1.165, 1.54) is 4.80 Å². The number of benzene rings is 3. The maximum atomic E-state index is 13.6. The summed E-state index contributed by atoms with van der Waals surface area (Å²) in [6.45, 7) is 2.62. The average Bonchev–Trinajstić information content (AvgIpc) is 3.43. The number of aromatic hydroxyl groups is 1. The lowest BCUT2D eigenvalue weighted by atomic mass is 10.1.